The predicted molar refractivity (Wildman–Crippen MR) is 224 cm³/mol. The molecule has 2 aromatic heterocycles. The van der Waals surface area contributed by atoms with Gasteiger partial charge in [-0.05, 0) is 110 Å². The van der Waals surface area contributed by atoms with Gasteiger partial charge in [0.1, 0.15) is 11.5 Å². The Morgan fingerprint density at radius 2 is 1.69 bits per heavy atom. The maximum absolute atomic E-state index is 15.8. The fourth-order valence-corrected chi connectivity index (χ4v) is 9.26. The molecule has 8 nitrogen and oxygen atoms in total. The van der Waals surface area contributed by atoms with E-state index in [0.717, 1.165) is 81.9 Å². The first kappa shape index (κ1) is 39.8. The molecular weight excluding hydrogens is 701 g/mol. The number of fused-ring (bicyclic) bond motifs is 1. The minimum atomic E-state index is -0.913. The number of nitrogens with zero attached hydrogens (tertiary/aromatic N) is 5. The summed E-state index contributed by atoms with van der Waals surface area (Å²) in [7, 11) is -0.714. The zero-order chi connectivity index (χ0) is 38.4. The number of aromatic amines is 1. The highest BCUT2D eigenvalue weighted by atomic mass is 32.2. The molecule has 4 aromatic rings. The van der Waals surface area contributed by atoms with Gasteiger partial charge in [0, 0.05) is 87.0 Å². The first-order valence-corrected chi connectivity index (χ1v) is 21.0. The van der Waals surface area contributed by atoms with E-state index in [1.54, 1.807) is 6.20 Å². The third-order valence-corrected chi connectivity index (χ3v) is 12.3. The van der Waals surface area contributed by atoms with Gasteiger partial charge in [0.2, 0.25) is 5.78 Å². The van der Waals surface area contributed by atoms with E-state index in [2.05, 4.69) is 84.3 Å². The summed E-state index contributed by atoms with van der Waals surface area (Å²) < 4.78 is 36.2. The van der Waals surface area contributed by atoms with E-state index in [0.29, 0.717) is 17.0 Å². The van der Waals surface area contributed by atoms with E-state index in [1.165, 1.54) is 55.9 Å². The van der Waals surface area contributed by atoms with Gasteiger partial charge in [-0.25, -0.2) is 18.1 Å². The fraction of sp³-hybridized carbons (Fsp3) is 0.465. The van der Waals surface area contributed by atoms with E-state index in [-0.39, 0.29) is 11.3 Å². The summed E-state index contributed by atoms with van der Waals surface area (Å²) >= 11 is 0. The van der Waals surface area contributed by atoms with Crippen LogP contribution in [0.2, 0.25) is 0 Å². The number of nitrogens with one attached hydrogen (secondary N) is 2. The number of piperidine rings is 1. The van der Waals surface area contributed by atoms with Crippen molar-refractivity contribution in [3.05, 3.63) is 89.8 Å². The average molecular weight is 758 g/mol. The third-order valence-electron chi connectivity index (χ3n) is 10.9. The molecule has 54 heavy (non-hydrogen) atoms. The SMILES string of the molecule is C=C(C)CN1CCCN(CC2CCN(c3ccc(-c4cnc5[nH]cc(C(=O)c6c(F)ccc(NS(=C)N7CCC(C)C7)c6F)c5c4)cc3)CC2)CC1.CC. The number of hydrogen-bond acceptors (Lipinski definition) is 7. The van der Waals surface area contributed by atoms with E-state index in [4.69, 9.17) is 0 Å². The molecule has 7 rings (SSSR count). The first-order chi connectivity index (χ1) is 26.1. The highest BCUT2D eigenvalue weighted by molar-refractivity contribution is 8.13. The van der Waals surface area contributed by atoms with Crippen molar-refractivity contribution < 1.29 is 13.6 Å². The van der Waals surface area contributed by atoms with Gasteiger partial charge in [0.05, 0.1) is 11.3 Å². The molecule has 3 saturated heterocycles. The molecule has 3 aliphatic rings. The summed E-state index contributed by atoms with van der Waals surface area (Å²) in [5, 5.41) is 0.515. The zero-order valence-corrected chi connectivity index (χ0v) is 33.3. The minimum absolute atomic E-state index is 0.0639. The van der Waals surface area contributed by atoms with E-state index in [9.17, 15) is 4.79 Å². The van der Waals surface area contributed by atoms with Gasteiger partial charge < -0.3 is 19.5 Å². The molecule has 2 N–H and O–H groups in total. The van der Waals surface area contributed by atoms with Gasteiger partial charge >= 0.3 is 0 Å². The molecule has 2 unspecified atom stereocenters. The van der Waals surface area contributed by atoms with Crippen molar-refractivity contribution in [1.82, 2.24) is 24.1 Å². The molecule has 290 valence electrons. The Labute approximate surface area is 322 Å². The van der Waals surface area contributed by atoms with Crippen LogP contribution in [0.3, 0.4) is 0 Å². The summed E-state index contributed by atoms with van der Waals surface area (Å²) in [6.07, 6.45) is 7.89. The smallest absolute Gasteiger partial charge is 0.201 e. The molecular formula is C43H57F2N7OS. The number of halogens is 2. The molecule has 3 fully saturated rings. The number of carbonyl (C=O) groups excluding carboxylic acids is 1. The third kappa shape index (κ3) is 9.30. The van der Waals surface area contributed by atoms with Gasteiger partial charge in [-0.3, -0.25) is 9.69 Å². The van der Waals surface area contributed by atoms with E-state index >= 15 is 8.78 Å². The first-order valence-electron chi connectivity index (χ1n) is 19.6. The van der Waals surface area contributed by atoms with Crippen molar-refractivity contribution in [2.24, 2.45) is 11.8 Å². The second-order valence-corrected chi connectivity index (χ2v) is 16.5. The monoisotopic (exact) mass is 757 g/mol. The minimum Gasteiger partial charge on any atom is -0.372 e. The van der Waals surface area contributed by atoms with E-state index in [1.807, 2.05) is 19.9 Å². The lowest BCUT2D eigenvalue weighted by atomic mass is 9.95. The molecule has 0 amide bonds. The van der Waals surface area contributed by atoms with Gasteiger partial charge in [0.25, 0.3) is 0 Å². The van der Waals surface area contributed by atoms with Crippen LogP contribution < -0.4 is 9.62 Å². The topological polar surface area (TPSA) is 70.7 Å². The van der Waals surface area contributed by atoms with Crippen LogP contribution in [0.15, 0.2) is 67.0 Å². The highest BCUT2D eigenvalue weighted by Crippen LogP contribution is 2.34. The Hall–Kier alpha value is -3.90. The van der Waals surface area contributed by atoms with Crippen LogP contribution in [0.5, 0.6) is 0 Å². The molecule has 11 heteroatoms. The number of benzene rings is 2. The van der Waals surface area contributed by atoms with Gasteiger partial charge in [-0.1, -0.05) is 45.1 Å². The van der Waals surface area contributed by atoms with Crippen molar-refractivity contribution >= 4 is 44.9 Å². The normalized spacial score (nSPS) is 19.7. The molecule has 0 radical (unpaired) electrons. The van der Waals surface area contributed by atoms with Crippen LogP contribution >= 0.6 is 10.9 Å². The number of pyridine rings is 1. The number of ketones is 1. The largest absolute Gasteiger partial charge is 0.372 e. The van der Waals surface area contributed by atoms with E-state index < -0.39 is 33.8 Å². The average Bonchev–Trinajstić information content (AvgIpc) is 3.75. The number of H-pyrrole nitrogens is 1. The van der Waals surface area contributed by atoms with Crippen LogP contribution in [-0.4, -0.2) is 101 Å². The lowest BCUT2D eigenvalue weighted by molar-refractivity contribution is 0.103. The van der Waals surface area contributed by atoms with Crippen LogP contribution in [0.4, 0.5) is 20.2 Å². The van der Waals surface area contributed by atoms with Crippen LogP contribution in [0.1, 0.15) is 69.3 Å². The maximum Gasteiger partial charge on any atom is 0.201 e. The van der Waals surface area contributed by atoms with Crippen molar-refractivity contribution in [3.8, 4) is 11.1 Å². The second-order valence-electron chi connectivity index (χ2n) is 15.0. The lowest BCUT2D eigenvalue weighted by Gasteiger charge is -2.36. The van der Waals surface area contributed by atoms with Crippen molar-refractivity contribution in [2.45, 2.75) is 53.4 Å². The Kier molecular flexibility index (Phi) is 13.4. The number of aromatic nitrogens is 2. The second kappa shape index (κ2) is 18.2. The molecule has 0 bridgehead atoms. The summed E-state index contributed by atoms with van der Waals surface area (Å²) in [5.74, 6) is 2.86. The molecule has 0 aliphatic carbocycles. The standard InChI is InChI=1S/C41H51F2N7OS.C2H6/c1-28(2)25-47-15-5-16-48(21-20-47)27-30-13-17-49(18-14-30)33-8-6-31(7-9-33)32-22-34-35(24-45-41(34)44-23-32)40(51)38-36(42)10-11-37(39(38)43)46-52(4)50-19-12-29(3)26-50;1-2/h6-11,22-24,29-30,46H,1,4-5,12-21,25-27H2,2-3H3,(H,44,45);1-2H3. The summed E-state index contributed by atoms with van der Waals surface area (Å²) in [4.78, 5) is 29.0. The summed E-state index contributed by atoms with van der Waals surface area (Å²) in [5.41, 5.74) is 4.34. The quantitative estimate of drug-likeness (QED) is 0.0901. The Bertz CT molecular complexity index is 1940. The number of carbonyl (C=O) groups is 1. The van der Waals surface area contributed by atoms with Crippen LogP contribution in [0, 0.1) is 23.5 Å². The van der Waals surface area contributed by atoms with Gasteiger partial charge in [-0.2, -0.15) is 0 Å². The van der Waals surface area contributed by atoms with Gasteiger partial charge in [0.15, 0.2) is 5.82 Å². The maximum atomic E-state index is 15.8. The summed E-state index contributed by atoms with van der Waals surface area (Å²) in [6, 6.07) is 12.8. The lowest BCUT2D eigenvalue weighted by Crippen LogP contribution is -2.40. The molecule has 5 heterocycles. The Balaban J connectivity index is 0.00000245. The zero-order valence-electron chi connectivity index (χ0n) is 32.5. The van der Waals surface area contributed by atoms with Gasteiger partial charge in [-0.15, -0.1) is 0 Å². The van der Waals surface area contributed by atoms with Crippen molar-refractivity contribution in [3.63, 3.8) is 0 Å². The number of anilines is 2. The Morgan fingerprint density at radius 3 is 2.39 bits per heavy atom. The van der Waals surface area contributed by atoms with Crippen LogP contribution in [-0.2, 0) is 0 Å². The van der Waals surface area contributed by atoms with Crippen molar-refractivity contribution in [1.29, 1.82) is 0 Å². The fourth-order valence-electron chi connectivity index (χ4n) is 7.96. The highest BCUT2D eigenvalue weighted by Gasteiger charge is 2.27. The molecule has 0 saturated carbocycles. The molecule has 3 aliphatic heterocycles. The van der Waals surface area contributed by atoms with Crippen LogP contribution in [0.25, 0.3) is 22.2 Å². The van der Waals surface area contributed by atoms with Crippen molar-refractivity contribution in [2.75, 3.05) is 75.1 Å². The molecule has 2 atom stereocenters. The molecule has 2 aromatic carbocycles. The number of rotatable bonds is 11. The Morgan fingerprint density at radius 1 is 0.963 bits per heavy atom. The molecule has 0 spiro atoms. The predicted octanol–water partition coefficient (Wildman–Crippen LogP) is 8.85. The summed E-state index contributed by atoms with van der Waals surface area (Å²) in [6.45, 7) is 23.0. The number of hydrogen-bond donors (Lipinski definition) is 2.